The molecule has 0 radical (unpaired) electrons. The van der Waals surface area contributed by atoms with Crippen LogP contribution < -0.4 is 0 Å². The Hall–Kier alpha value is 0. The molecule has 4 aliphatic rings. The van der Waals surface area contributed by atoms with Gasteiger partial charge in [0.1, 0.15) is 0 Å². The van der Waals surface area contributed by atoms with Gasteiger partial charge in [-0.1, -0.05) is 34.6 Å². The van der Waals surface area contributed by atoms with E-state index in [1.165, 1.54) is 12.8 Å². The highest BCUT2D eigenvalue weighted by Crippen LogP contribution is 2.70. The van der Waals surface area contributed by atoms with Gasteiger partial charge in [-0.2, -0.15) is 0 Å². The Balaban J connectivity index is 1.76. The Labute approximate surface area is 119 Å². The second-order valence-corrected chi connectivity index (χ2v) is 9.58. The Morgan fingerprint density at radius 2 is 1.26 bits per heavy atom. The molecule has 4 saturated carbocycles. The van der Waals surface area contributed by atoms with E-state index in [0.29, 0.717) is 5.41 Å². The maximum atomic E-state index is 2.59. The molecule has 9 unspecified atom stereocenters. The molecule has 4 rings (SSSR count). The van der Waals surface area contributed by atoms with E-state index < -0.39 is 0 Å². The third-order valence-electron chi connectivity index (χ3n) is 8.25. The van der Waals surface area contributed by atoms with Crippen molar-refractivity contribution in [3.8, 4) is 0 Å². The Morgan fingerprint density at radius 1 is 0.684 bits per heavy atom. The van der Waals surface area contributed by atoms with E-state index in [-0.39, 0.29) is 0 Å². The first-order chi connectivity index (χ1) is 8.90. The first-order valence-corrected chi connectivity index (χ1v) is 8.90. The van der Waals surface area contributed by atoms with Crippen LogP contribution in [-0.2, 0) is 0 Å². The quantitative estimate of drug-likeness (QED) is 0.523. The highest BCUT2D eigenvalue weighted by atomic mass is 14.7. The van der Waals surface area contributed by atoms with Gasteiger partial charge in [0.05, 0.1) is 0 Å². The summed E-state index contributed by atoms with van der Waals surface area (Å²) >= 11 is 0. The summed E-state index contributed by atoms with van der Waals surface area (Å²) in [4.78, 5) is 0. The van der Waals surface area contributed by atoms with Crippen LogP contribution in [0.1, 0.15) is 60.3 Å². The second-order valence-electron chi connectivity index (χ2n) is 9.58. The predicted octanol–water partition coefficient (Wildman–Crippen LogP) is 5.23. The van der Waals surface area contributed by atoms with E-state index in [1.807, 2.05) is 0 Å². The van der Waals surface area contributed by atoms with Crippen molar-refractivity contribution in [3.05, 3.63) is 0 Å². The molecule has 0 saturated heterocycles. The summed E-state index contributed by atoms with van der Waals surface area (Å²) in [5.74, 6) is 9.56. The molecule has 0 nitrogen and oxygen atoms in total. The molecule has 19 heavy (non-hydrogen) atoms. The second kappa shape index (κ2) is 3.80. The molecule has 0 aromatic heterocycles. The zero-order chi connectivity index (χ0) is 13.5. The molecule has 0 amide bonds. The van der Waals surface area contributed by atoms with E-state index >= 15 is 0 Å². The van der Waals surface area contributed by atoms with Gasteiger partial charge < -0.3 is 0 Å². The fourth-order valence-corrected chi connectivity index (χ4v) is 7.72. The first-order valence-electron chi connectivity index (χ1n) is 8.90. The smallest absolute Gasteiger partial charge is 0.0316 e. The van der Waals surface area contributed by atoms with Crippen molar-refractivity contribution in [1.29, 1.82) is 0 Å². The van der Waals surface area contributed by atoms with Gasteiger partial charge >= 0.3 is 0 Å². The minimum Gasteiger partial charge on any atom is -0.0622 e. The Morgan fingerprint density at radius 3 is 1.95 bits per heavy atom. The lowest BCUT2D eigenvalue weighted by molar-refractivity contribution is 0.0438. The Bertz CT molecular complexity index is 381. The summed E-state index contributed by atoms with van der Waals surface area (Å²) in [5.41, 5.74) is 0.621. The molecule has 4 aliphatic carbocycles. The van der Waals surface area contributed by atoms with Gasteiger partial charge in [0.2, 0.25) is 0 Å². The molecular formula is C19H32. The molecule has 0 aromatic rings. The highest BCUT2D eigenvalue weighted by molar-refractivity contribution is 5.12. The topological polar surface area (TPSA) is 0 Å². The average Bonchev–Trinajstić information content (AvgIpc) is 2.79. The summed E-state index contributed by atoms with van der Waals surface area (Å²) < 4.78 is 0. The fourth-order valence-electron chi connectivity index (χ4n) is 7.72. The molecule has 0 aliphatic heterocycles. The van der Waals surface area contributed by atoms with Gasteiger partial charge in [-0.3, -0.25) is 0 Å². The fraction of sp³-hybridized carbons (Fsp3) is 1.00. The normalized spacial score (nSPS) is 62.1. The monoisotopic (exact) mass is 260 g/mol. The molecule has 108 valence electrons. The van der Waals surface area contributed by atoms with Crippen LogP contribution in [0.25, 0.3) is 0 Å². The van der Waals surface area contributed by atoms with Crippen molar-refractivity contribution in [2.24, 2.45) is 58.7 Å². The van der Waals surface area contributed by atoms with E-state index in [9.17, 15) is 0 Å². The maximum absolute atomic E-state index is 2.59. The van der Waals surface area contributed by atoms with E-state index in [0.717, 1.165) is 53.3 Å². The zero-order valence-corrected chi connectivity index (χ0v) is 13.5. The van der Waals surface area contributed by atoms with E-state index in [4.69, 9.17) is 0 Å². The summed E-state index contributed by atoms with van der Waals surface area (Å²) in [6, 6.07) is 0. The van der Waals surface area contributed by atoms with Gasteiger partial charge in [0.15, 0.2) is 0 Å². The van der Waals surface area contributed by atoms with Crippen molar-refractivity contribution in [1.82, 2.24) is 0 Å². The molecule has 0 aromatic carbocycles. The molecular weight excluding hydrogens is 228 g/mol. The lowest BCUT2D eigenvalue weighted by Gasteiger charge is -2.45. The van der Waals surface area contributed by atoms with Gasteiger partial charge in [-0.25, -0.2) is 0 Å². The minimum atomic E-state index is 0.621. The van der Waals surface area contributed by atoms with Crippen LogP contribution in [0.15, 0.2) is 0 Å². The van der Waals surface area contributed by atoms with E-state index in [2.05, 4.69) is 34.6 Å². The largest absolute Gasteiger partial charge is 0.0622 e. The highest BCUT2D eigenvalue weighted by Gasteiger charge is 2.64. The zero-order valence-electron chi connectivity index (χ0n) is 13.5. The van der Waals surface area contributed by atoms with Gasteiger partial charge in [-0.05, 0) is 84.4 Å². The molecule has 4 bridgehead atoms. The van der Waals surface area contributed by atoms with Crippen molar-refractivity contribution in [2.45, 2.75) is 60.3 Å². The van der Waals surface area contributed by atoms with Crippen molar-refractivity contribution >= 4 is 0 Å². The van der Waals surface area contributed by atoms with Crippen LogP contribution in [0.4, 0.5) is 0 Å². The minimum absolute atomic E-state index is 0.621. The van der Waals surface area contributed by atoms with Crippen LogP contribution >= 0.6 is 0 Å². The number of hydrogen-bond acceptors (Lipinski definition) is 0. The van der Waals surface area contributed by atoms with Crippen LogP contribution in [0, 0.1) is 58.7 Å². The summed E-state index contributed by atoms with van der Waals surface area (Å²) in [5, 5.41) is 0. The summed E-state index contributed by atoms with van der Waals surface area (Å²) in [6.07, 6.45) is 6.19. The van der Waals surface area contributed by atoms with Crippen LogP contribution in [0.5, 0.6) is 0 Å². The molecule has 4 fully saturated rings. The van der Waals surface area contributed by atoms with Crippen molar-refractivity contribution in [3.63, 3.8) is 0 Å². The molecule has 0 heteroatoms. The predicted molar refractivity (Wildman–Crippen MR) is 80.7 cm³/mol. The average molecular weight is 260 g/mol. The van der Waals surface area contributed by atoms with E-state index in [1.54, 1.807) is 12.8 Å². The summed E-state index contributed by atoms with van der Waals surface area (Å²) in [6.45, 7) is 12.9. The van der Waals surface area contributed by atoms with Crippen LogP contribution in [-0.4, -0.2) is 0 Å². The standard InChI is InChI=1S/C19H32/c1-10-6-11(2)14-7-13(10)17-15-8-16(18(14)17)19(4,5)9-12(15)3/h10-18H,6-9H2,1-5H3. The number of fused-ring (bicyclic) bond motifs is 9. The number of rotatable bonds is 0. The number of hydrogen-bond donors (Lipinski definition) is 0. The first kappa shape index (κ1) is 12.7. The molecule has 0 N–H and O–H groups in total. The third kappa shape index (κ3) is 1.52. The van der Waals surface area contributed by atoms with Gasteiger partial charge in [-0.15, -0.1) is 0 Å². The third-order valence-corrected chi connectivity index (χ3v) is 8.25. The van der Waals surface area contributed by atoms with Crippen molar-refractivity contribution in [2.75, 3.05) is 0 Å². The summed E-state index contributed by atoms with van der Waals surface area (Å²) in [7, 11) is 0. The molecule has 0 spiro atoms. The van der Waals surface area contributed by atoms with Gasteiger partial charge in [0.25, 0.3) is 0 Å². The Kier molecular flexibility index (Phi) is 2.54. The molecule has 0 heterocycles. The SMILES string of the molecule is CC1CC(C)C2CC1C1C3CC(C21)C(C)(C)CC3C. The van der Waals surface area contributed by atoms with Crippen LogP contribution in [0.3, 0.4) is 0 Å². The molecule has 9 atom stereocenters. The van der Waals surface area contributed by atoms with Crippen LogP contribution in [0.2, 0.25) is 0 Å². The van der Waals surface area contributed by atoms with Crippen molar-refractivity contribution < 1.29 is 0 Å². The lowest BCUT2D eigenvalue weighted by Crippen LogP contribution is -2.37. The maximum Gasteiger partial charge on any atom is -0.0316 e. The lowest BCUT2D eigenvalue weighted by atomic mass is 9.60. The van der Waals surface area contributed by atoms with Gasteiger partial charge in [0, 0.05) is 0 Å².